The first-order valence-corrected chi connectivity index (χ1v) is 9.55. The maximum absolute atomic E-state index is 12.6. The Bertz CT molecular complexity index is 579. The minimum Gasteiger partial charge on any atom is -0.289 e. The van der Waals surface area contributed by atoms with E-state index in [0.29, 0.717) is 0 Å². The van der Waals surface area contributed by atoms with Crippen LogP contribution in [0.3, 0.4) is 0 Å². The molecule has 2 aromatic carbocycles. The van der Waals surface area contributed by atoms with Crippen LogP contribution in [0.15, 0.2) is 48.5 Å². The van der Waals surface area contributed by atoms with Gasteiger partial charge in [-0.3, -0.25) is 4.79 Å². The van der Waals surface area contributed by atoms with Crippen LogP contribution in [0.2, 0.25) is 0 Å². The molecular weight excluding hydrogens is 292 g/mol. The van der Waals surface area contributed by atoms with Crippen molar-refractivity contribution in [3.05, 3.63) is 70.8 Å². The number of ketones is 1. The lowest BCUT2D eigenvalue weighted by atomic mass is 9.98. The van der Waals surface area contributed by atoms with Crippen molar-refractivity contribution in [1.82, 2.24) is 0 Å². The molecule has 1 heteroatoms. The second-order valence-electron chi connectivity index (χ2n) is 7.05. The molecule has 126 valence electrons. The fourth-order valence-corrected chi connectivity index (χ4v) is 3.53. The molecular formula is C23H28O. The van der Waals surface area contributed by atoms with Gasteiger partial charge in [-0.1, -0.05) is 87.1 Å². The molecule has 5 rings (SSSR count). The summed E-state index contributed by atoms with van der Waals surface area (Å²) in [6.45, 7) is 0. The Hall–Kier alpha value is -1.89. The summed E-state index contributed by atoms with van der Waals surface area (Å²) in [6.07, 6.45) is 12.9. The van der Waals surface area contributed by atoms with Crippen LogP contribution in [0.25, 0.3) is 0 Å². The van der Waals surface area contributed by atoms with E-state index in [0.717, 1.165) is 24.0 Å². The lowest BCUT2D eigenvalue weighted by molar-refractivity contribution is 0.103. The Morgan fingerprint density at radius 1 is 0.458 bits per heavy atom. The SMILES string of the molecule is O=C1c2ccc(cc2)CCCCCCCCCCc2ccc1cc2. The lowest BCUT2D eigenvalue weighted by Gasteiger charge is -2.05. The van der Waals surface area contributed by atoms with Gasteiger partial charge in [-0.25, -0.2) is 0 Å². The van der Waals surface area contributed by atoms with Crippen molar-refractivity contribution in [1.29, 1.82) is 0 Å². The molecule has 0 aromatic heterocycles. The Kier molecular flexibility index (Phi) is 6.23. The second kappa shape index (κ2) is 8.82. The molecule has 0 N–H and O–H groups in total. The van der Waals surface area contributed by atoms with E-state index in [2.05, 4.69) is 24.3 Å². The topological polar surface area (TPSA) is 17.1 Å². The van der Waals surface area contributed by atoms with Crippen LogP contribution in [0, 0.1) is 0 Å². The molecule has 0 heterocycles. The fourth-order valence-electron chi connectivity index (χ4n) is 3.53. The molecule has 0 unspecified atom stereocenters. The highest BCUT2D eigenvalue weighted by Crippen LogP contribution is 2.17. The van der Waals surface area contributed by atoms with Gasteiger partial charge in [-0.15, -0.1) is 0 Å². The van der Waals surface area contributed by atoms with Gasteiger partial charge in [0.1, 0.15) is 0 Å². The van der Waals surface area contributed by atoms with Gasteiger partial charge in [0.25, 0.3) is 0 Å². The van der Waals surface area contributed by atoms with Crippen LogP contribution in [0.4, 0.5) is 0 Å². The first kappa shape index (κ1) is 17.0. The summed E-state index contributed by atoms with van der Waals surface area (Å²) < 4.78 is 0. The van der Waals surface area contributed by atoms with Gasteiger partial charge < -0.3 is 0 Å². The maximum atomic E-state index is 12.6. The Labute approximate surface area is 146 Å². The zero-order chi connectivity index (χ0) is 16.6. The van der Waals surface area contributed by atoms with Crippen molar-refractivity contribution in [2.75, 3.05) is 0 Å². The molecule has 4 bridgehead atoms. The molecule has 0 fully saturated rings. The van der Waals surface area contributed by atoms with Gasteiger partial charge in [-0.2, -0.15) is 0 Å². The number of hydrogen-bond donors (Lipinski definition) is 0. The molecule has 0 amide bonds. The molecule has 2 aromatic rings. The molecule has 0 saturated heterocycles. The van der Waals surface area contributed by atoms with E-state index in [9.17, 15) is 4.79 Å². The van der Waals surface area contributed by atoms with E-state index >= 15 is 0 Å². The van der Waals surface area contributed by atoms with Crippen molar-refractivity contribution in [3.63, 3.8) is 0 Å². The first-order chi connectivity index (χ1) is 11.8. The molecule has 1 nitrogen and oxygen atoms in total. The van der Waals surface area contributed by atoms with Gasteiger partial charge in [-0.05, 0) is 36.8 Å². The minimum absolute atomic E-state index is 0.131. The Morgan fingerprint density at radius 2 is 0.792 bits per heavy atom. The molecule has 24 heavy (non-hydrogen) atoms. The molecule has 3 aliphatic carbocycles. The quantitative estimate of drug-likeness (QED) is 0.570. The number of carbonyl (C=O) groups excluding carboxylic acids is 1. The normalized spacial score (nSPS) is 17.2. The third-order valence-electron chi connectivity index (χ3n) is 5.11. The number of aryl methyl sites for hydroxylation is 2. The Morgan fingerprint density at radius 3 is 1.17 bits per heavy atom. The zero-order valence-corrected chi connectivity index (χ0v) is 14.6. The predicted octanol–water partition coefficient (Wildman–Crippen LogP) is 6.14. The van der Waals surface area contributed by atoms with E-state index in [4.69, 9.17) is 0 Å². The maximum Gasteiger partial charge on any atom is 0.193 e. The third kappa shape index (κ3) is 4.80. The lowest BCUT2D eigenvalue weighted by Crippen LogP contribution is -2.01. The van der Waals surface area contributed by atoms with Crippen LogP contribution in [0.5, 0.6) is 0 Å². The van der Waals surface area contributed by atoms with Crippen LogP contribution in [0.1, 0.15) is 78.4 Å². The van der Waals surface area contributed by atoms with E-state index in [1.54, 1.807) is 0 Å². The van der Waals surface area contributed by atoms with Crippen molar-refractivity contribution in [2.45, 2.75) is 64.2 Å². The van der Waals surface area contributed by atoms with Crippen LogP contribution in [-0.2, 0) is 12.8 Å². The molecule has 3 aliphatic rings. The van der Waals surface area contributed by atoms with Gasteiger partial charge in [0, 0.05) is 11.1 Å². The summed E-state index contributed by atoms with van der Waals surface area (Å²) >= 11 is 0. The summed E-state index contributed by atoms with van der Waals surface area (Å²) in [6, 6.07) is 16.4. The van der Waals surface area contributed by atoms with Gasteiger partial charge in [0.2, 0.25) is 0 Å². The summed E-state index contributed by atoms with van der Waals surface area (Å²) in [5.74, 6) is 0.131. The smallest absolute Gasteiger partial charge is 0.193 e. The monoisotopic (exact) mass is 320 g/mol. The molecule has 0 saturated carbocycles. The highest BCUT2D eigenvalue weighted by Gasteiger charge is 2.09. The van der Waals surface area contributed by atoms with E-state index in [-0.39, 0.29) is 5.78 Å². The minimum atomic E-state index is 0.131. The molecule has 0 atom stereocenters. The number of carbonyl (C=O) groups is 1. The second-order valence-corrected chi connectivity index (χ2v) is 7.05. The van der Waals surface area contributed by atoms with Gasteiger partial charge >= 0.3 is 0 Å². The average Bonchev–Trinajstić information content (AvgIpc) is 2.63. The zero-order valence-electron chi connectivity index (χ0n) is 14.6. The molecule has 0 radical (unpaired) electrons. The largest absolute Gasteiger partial charge is 0.289 e. The number of fused-ring (bicyclic) bond motifs is 2. The van der Waals surface area contributed by atoms with Crippen LogP contribution in [-0.4, -0.2) is 5.78 Å². The van der Waals surface area contributed by atoms with Gasteiger partial charge in [0.15, 0.2) is 5.78 Å². The molecule has 0 aliphatic heterocycles. The van der Waals surface area contributed by atoms with Crippen LogP contribution < -0.4 is 0 Å². The standard InChI is InChI=1S/C23H28O/c24-23-21-15-11-19(12-16-21)9-7-5-3-1-2-4-6-8-10-20-13-17-22(23)18-14-20/h11-18H,1-10H2. The van der Waals surface area contributed by atoms with E-state index in [1.165, 1.54) is 62.5 Å². The number of benzene rings is 2. The molecule has 0 spiro atoms. The first-order valence-electron chi connectivity index (χ1n) is 9.55. The number of hydrogen-bond acceptors (Lipinski definition) is 1. The fraction of sp³-hybridized carbons (Fsp3) is 0.435. The van der Waals surface area contributed by atoms with Gasteiger partial charge in [0.05, 0.1) is 0 Å². The summed E-state index contributed by atoms with van der Waals surface area (Å²) in [5, 5.41) is 0. The van der Waals surface area contributed by atoms with Crippen molar-refractivity contribution in [2.24, 2.45) is 0 Å². The average molecular weight is 320 g/mol. The van der Waals surface area contributed by atoms with E-state index < -0.39 is 0 Å². The Balaban J connectivity index is 1.74. The van der Waals surface area contributed by atoms with Crippen molar-refractivity contribution >= 4 is 5.78 Å². The van der Waals surface area contributed by atoms with Crippen molar-refractivity contribution in [3.8, 4) is 0 Å². The predicted molar refractivity (Wildman–Crippen MR) is 101 cm³/mol. The van der Waals surface area contributed by atoms with E-state index in [1.807, 2.05) is 24.3 Å². The third-order valence-corrected chi connectivity index (χ3v) is 5.11. The summed E-state index contributed by atoms with van der Waals surface area (Å²) in [7, 11) is 0. The van der Waals surface area contributed by atoms with Crippen LogP contribution >= 0.6 is 0 Å². The highest BCUT2D eigenvalue weighted by atomic mass is 16.1. The summed E-state index contributed by atoms with van der Waals surface area (Å²) in [4.78, 5) is 12.6. The number of rotatable bonds is 0. The van der Waals surface area contributed by atoms with Crippen molar-refractivity contribution < 1.29 is 4.79 Å². The highest BCUT2D eigenvalue weighted by molar-refractivity contribution is 6.08. The summed E-state index contributed by atoms with van der Waals surface area (Å²) in [5.41, 5.74) is 4.29.